The van der Waals surface area contributed by atoms with Crippen LogP contribution in [-0.2, 0) is 0 Å². The smallest absolute Gasteiger partial charge is 0.129 e. The van der Waals surface area contributed by atoms with Gasteiger partial charge in [0, 0.05) is 16.3 Å². The number of aliphatic imine (C=N–C) groups is 1. The average molecular weight is 343 g/mol. The summed E-state index contributed by atoms with van der Waals surface area (Å²) in [4.78, 5) is 4.49. The number of hydrogen-bond donors (Lipinski definition) is 2. The molecule has 0 radical (unpaired) electrons. The standard InChI is InChI=1S/C19H23ClN4/c1-4-7-15-13(10-21)16(12-8-5-6-9-14(12)20)17(19(23)24-15)18(22)11(2)3/h5-6,8-9,11,16H,4,7,22H2,1-3H3,(H2,23,24)/b18-17-. The van der Waals surface area contributed by atoms with Gasteiger partial charge in [0.2, 0.25) is 0 Å². The van der Waals surface area contributed by atoms with Crippen LogP contribution in [0.5, 0.6) is 0 Å². The molecule has 0 fully saturated rings. The summed E-state index contributed by atoms with van der Waals surface area (Å²) >= 11 is 6.43. The maximum absolute atomic E-state index is 9.81. The first kappa shape index (κ1) is 18.1. The first-order valence-electron chi connectivity index (χ1n) is 8.13. The van der Waals surface area contributed by atoms with Crippen LogP contribution in [0.4, 0.5) is 0 Å². The maximum Gasteiger partial charge on any atom is 0.129 e. The van der Waals surface area contributed by atoms with E-state index in [4.69, 9.17) is 23.1 Å². The summed E-state index contributed by atoms with van der Waals surface area (Å²) in [5.74, 6) is 0.102. The molecule has 1 heterocycles. The molecule has 2 rings (SSSR count). The molecule has 4 nitrogen and oxygen atoms in total. The van der Waals surface area contributed by atoms with Crippen LogP contribution in [0.15, 0.2) is 51.8 Å². The Morgan fingerprint density at radius 2 is 2.04 bits per heavy atom. The van der Waals surface area contributed by atoms with Crippen molar-refractivity contribution in [3.8, 4) is 6.07 Å². The maximum atomic E-state index is 9.81. The number of halogens is 1. The Bertz CT molecular complexity index is 766. The number of benzene rings is 1. The van der Waals surface area contributed by atoms with E-state index < -0.39 is 0 Å². The molecule has 0 saturated heterocycles. The van der Waals surface area contributed by atoms with Crippen LogP contribution < -0.4 is 11.5 Å². The quantitative estimate of drug-likeness (QED) is 0.857. The van der Waals surface area contributed by atoms with Gasteiger partial charge in [-0.15, -0.1) is 0 Å². The van der Waals surface area contributed by atoms with Crippen LogP contribution >= 0.6 is 11.6 Å². The van der Waals surface area contributed by atoms with E-state index in [9.17, 15) is 5.26 Å². The van der Waals surface area contributed by atoms with Gasteiger partial charge in [0.05, 0.1) is 23.3 Å². The monoisotopic (exact) mass is 342 g/mol. The fourth-order valence-electron chi connectivity index (χ4n) is 2.93. The van der Waals surface area contributed by atoms with E-state index >= 15 is 0 Å². The number of nitriles is 1. The molecule has 1 atom stereocenters. The third kappa shape index (κ3) is 3.32. The second kappa shape index (κ2) is 7.55. The molecule has 1 aromatic carbocycles. The van der Waals surface area contributed by atoms with Crippen molar-refractivity contribution in [2.45, 2.75) is 39.5 Å². The summed E-state index contributed by atoms with van der Waals surface area (Å²) in [6.45, 7) is 6.04. The van der Waals surface area contributed by atoms with Crippen molar-refractivity contribution in [2.24, 2.45) is 22.4 Å². The summed E-state index contributed by atoms with van der Waals surface area (Å²) < 4.78 is 0. The van der Waals surface area contributed by atoms with Gasteiger partial charge in [-0.1, -0.05) is 57.0 Å². The SMILES string of the molecule is CCCC1=C(C#N)C(c2ccccc2Cl)/C(=C(/N)C(C)C)C(N)=N1. The van der Waals surface area contributed by atoms with Gasteiger partial charge >= 0.3 is 0 Å². The minimum absolute atomic E-state index is 0.0893. The second-order valence-electron chi connectivity index (χ2n) is 6.20. The molecule has 0 spiro atoms. The lowest BCUT2D eigenvalue weighted by molar-refractivity contribution is 0.730. The number of nitrogens with zero attached hydrogens (tertiary/aromatic N) is 2. The van der Waals surface area contributed by atoms with E-state index in [0.717, 1.165) is 17.7 Å². The van der Waals surface area contributed by atoms with Gasteiger partial charge in [-0.25, -0.2) is 4.99 Å². The van der Waals surface area contributed by atoms with Crippen molar-refractivity contribution in [2.75, 3.05) is 0 Å². The topological polar surface area (TPSA) is 88.2 Å². The van der Waals surface area contributed by atoms with E-state index in [1.165, 1.54) is 0 Å². The van der Waals surface area contributed by atoms with Gasteiger partial charge in [-0.05, 0) is 24.0 Å². The summed E-state index contributed by atoms with van der Waals surface area (Å²) in [7, 11) is 0. The normalized spacial score (nSPS) is 20.0. The Labute approximate surface area is 148 Å². The van der Waals surface area contributed by atoms with Crippen LogP contribution in [0.3, 0.4) is 0 Å². The summed E-state index contributed by atoms with van der Waals surface area (Å²) in [5.41, 5.74) is 16.1. The molecule has 0 aliphatic carbocycles. The number of amidine groups is 1. The molecule has 24 heavy (non-hydrogen) atoms. The van der Waals surface area contributed by atoms with Crippen molar-refractivity contribution in [1.82, 2.24) is 0 Å². The van der Waals surface area contributed by atoms with Crippen molar-refractivity contribution in [3.63, 3.8) is 0 Å². The highest BCUT2D eigenvalue weighted by Crippen LogP contribution is 2.42. The van der Waals surface area contributed by atoms with Crippen LogP contribution in [0.2, 0.25) is 5.02 Å². The number of rotatable bonds is 4. The molecule has 0 saturated carbocycles. The minimum atomic E-state index is -0.370. The molecule has 1 aliphatic rings. The minimum Gasteiger partial charge on any atom is -0.401 e. The van der Waals surface area contributed by atoms with Crippen molar-refractivity contribution < 1.29 is 0 Å². The van der Waals surface area contributed by atoms with Gasteiger partial charge in [0.1, 0.15) is 5.84 Å². The molecule has 1 aliphatic heterocycles. The fraction of sp³-hybridized carbons (Fsp3) is 0.368. The van der Waals surface area contributed by atoms with Crippen molar-refractivity contribution in [1.29, 1.82) is 5.26 Å². The average Bonchev–Trinajstić information content (AvgIpc) is 2.54. The summed E-state index contributed by atoms with van der Waals surface area (Å²) in [6, 6.07) is 9.83. The van der Waals surface area contributed by atoms with Gasteiger partial charge in [-0.2, -0.15) is 5.26 Å². The molecule has 0 aromatic heterocycles. The molecule has 4 N–H and O–H groups in total. The van der Waals surface area contributed by atoms with Crippen LogP contribution in [0.1, 0.15) is 45.1 Å². The van der Waals surface area contributed by atoms with Crippen molar-refractivity contribution >= 4 is 17.4 Å². The summed E-state index contributed by atoms with van der Waals surface area (Å²) in [6.07, 6.45) is 1.57. The molecule has 0 amide bonds. The molecular formula is C19H23ClN4. The molecule has 1 aromatic rings. The predicted octanol–water partition coefficient (Wildman–Crippen LogP) is 4.24. The van der Waals surface area contributed by atoms with Crippen molar-refractivity contribution in [3.05, 3.63) is 57.4 Å². The van der Waals surface area contributed by atoms with E-state index in [0.29, 0.717) is 34.1 Å². The third-order valence-electron chi connectivity index (χ3n) is 4.18. The highest BCUT2D eigenvalue weighted by atomic mass is 35.5. The number of allylic oxidation sites excluding steroid dienone is 3. The predicted molar refractivity (Wildman–Crippen MR) is 99.4 cm³/mol. The zero-order valence-corrected chi connectivity index (χ0v) is 15.1. The lowest BCUT2D eigenvalue weighted by Gasteiger charge is -2.29. The third-order valence-corrected chi connectivity index (χ3v) is 4.52. The highest BCUT2D eigenvalue weighted by Gasteiger charge is 2.33. The van der Waals surface area contributed by atoms with Gasteiger partial charge in [0.25, 0.3) is 0 Å². The van der Waals surface area contributed by atoms with E-state index in [1.807, 2.05) is 45.0 Å². The Morgan fingerprint density at radius 1 is 1.38 bits per heavy atom. The molecular weight excluding hydrogens is 320 g/mol. The van der Waals surface area contributed by atoms with E-state index in [1.54, 1.807) is 0 Å². The van der Waals surface area contributed by atoms with Gasteiger partial charge in [0.15, 0.2) is 0 Å². The zero-order chi connectivity index (χ0) is 17.9. The van der Waals surface area contributed by atoms with E-state index in [2.05, 4.69) is 11.1 Å². The van der Waals surface area contributed by atoms with Crippen LogP contribution in [0.25, 0.3) is 0 Å². The number of hydrogen-bond acceptors (Lipinski definition) is 4. The van der Waals surface area contributed by atoms with Crippen LogP contribution in [-0.4, -0.2) is 5.84 Å². The first-order valence-corrected chi connectivity index (χ1v) is 8.51. The van der Waals surface area contributed by atoms with E-state index in [-0.39, 0.29) is 11.8 Å². The first-order chi connectivity index (χ1) is 11.4. The molecule has 1 unspecified atom stereocenters. The Kier molecular flexibility index (Phi) is 5.69. The second-order valence-corrected chi connectivity index (χ2v) is 6.60. The number of nitrogens with two attached hydrogens (primary N) is 2. The fourth-order valence-corrected chi connectivity index (χ4v) is 3.17. The Balaban J connectivity index is 2.80. The van der Waals surface area contributed by atoms with Crippen LogP contribution in [0, 0.1) is 17.2 Å². The molecule has 5 heteroatoms. The zero-order valence-electron chi connectivity index (χ0n) is 14.3. The lowest BCUT2D eigenvalue weighted by Crippen LogP contribution is -2.30. The Hall–Kier alpha value is -2.25. The van der Waals surface area contributed by atoms with Gasteiger partial charge in [-0.3, -0.25) is 0 Å². The summed E-state index contributed by atoms with van der Waals surface area (Å²) in [5, 5.41) is 10.4. The molecule has 0 bridgehead atoms. The van der Waals surface area contributed by atoms with Gasteiger partial charge < -0.3 is 11.5 Å². The Morgan fingerprint density at radius 3 is 2.58 bits per heavy atom. The highest BCUT2D eigenvalue weighted by molar-refractivity contribution is 6.31. The largest absolute Gasteiger partial charge is 0.401 e. The lowest BCUT2D eigenvalue weighted by atomic mass is 9.79. The molecule has 126 valence electrons.